The number of ether oxygens (including phenoxy) is 2. The molecule has 30 heavy (non-hydrogen) atoms. The molecule has 3 aliphatic rings. The van der Waals surface area contributed by atoms with E-state index < -0.39 is 0 Å². The zero-order valence-corrected chi connectivity index (χ0v) is 17.9. The Morgan fingerprint density at radius 3 is 2.93 bits per heavy atom. The van der Waals surface area contributed by atoms with Crippen LogP contribution < -0.4 is 15.4 Å². The first kappa shape index (κ1) is 19.4. The molecule has 0 aromatic heterocycles. The number of hydrogen-bond acceptors (Lipinski definition) is 3. The molecule has 1 saturated carbocycles. The predicted molar refractivity (Wildman–Crippen MR) is 119 cm³/mol. The fourth-order valence-electron chi connectivity index (χ4n) is 5.08. The molecule has 158 valence electrons. The molecular weight excluding hydrogens is 374 g/mol. The van der Waals surface area contributed by atoms with E-state index in [1.54, 1.807) is 11.1 Å². The summed E-state index contributed by atoms with van der Waals surface area (Å²) in [6.45, 7) is 5.22. The number of rotatable bonds is 6. The minimum absolute atomic E-state index is 0.153. The molecule has 0 amide bonds. The third-order valence-electron chi connectivity index (χ3n) is 6.78. The highest BCUT2D eigenvalue weighted by Crippen LogP contribution is 2.60. The van der Waals surface area contributed by atoms with Crippen molar-refractivity contribution in [1.82, 2.24) is 10.6 Å². The van der Waals surface area contributed by atoms with Gasteiger partial charge in [0.25, 0.3) is 0 Å². The number of fused-ring (bicyclic) bond motifs is 3. The van der Waals surface area contributed by atoms with E-state index in [-0.39, 0.29) is 6.10 Å². The van der Waals surface area contributed by atoms with Crippen LogP contribution in [0.5, 0.6) is 5.75 Å². The Morgan fingerprint density at radius 1 is 1.20 bits per heavy atom. The van der Waals surface area contributed by atoms with Crippen molar-refractivity contribution in [2.75, 3.05) is 26.8 Å². The maximum atomic E-state index is 6.22. The van der Waals surface area contributed by atoms with Gasteiger partial charge in [-0.2, -0.15) is 0 Å². The Balaban J connectivity index is 1.15. The van der Waals surface area contributed by atoms with Crippen LogP contribution in [0.25, 0.3) is 0 Å². The molecule has 1 aliphatic heterocycles. The molecular formula is C25H31N3O2. The summed E-state index contributed by atoms with van der Waals surface area (Å²) in [5.41, 5.74) is 5.46. The minimum atomic E-state index is 0.153. The average Bonchev–Trinajstić information content (AvgIpc) is 3.09. The van der Waals surface area contributed by atoms with Crippen LogP contribution in [-0.4, -0.2) is 38.9 Å². The quantitative estimate of drug-likeness (QED) is 0.571. The Bertz CT molecular complexity index is 936. The monoisotopic (exact) mass is 405 g/mol. The van der Waals surface area contributed by atoms with E-state index in [0.717, 1.165) is 54.6 Å². The van der Waals surface area contributed by atoms with Gasteiger partial charge in [0.05, 0.1) is 13.2 Å². The van der Waals surface area contributed by atoms with Crippen LogP contribution in [0.15, 0.2) is 47.5 Å². The summed E-state index contributed by atoms with van der Waals surface area (Å²) in [5.74, 6) is 4.06. The molecule has 2 N–H and O–H groups in total. The van der Waals surface area contributed by atoms with Gasteiger partial charge in [0.1, 0.15) is 11.9 Å². The third-order valence-corrected chi connectivity index (χ3v) is 6.78. The Hall–Kier alpha value is -2.53. The van der Waals surface area contributed by atoms with Crippen LogP contribution >= 0.6 is 0 Å². The predicted octanol–water partition coefficient (Wildman–Crippen LogP) is 3.41. The van der Waals surface area contributed by atoms with Crippen molar-refractivity contribution >= 4 is 5.96 Å². The fourth-order valence-corrected chi connectivity index (χ4v) is 5.08. The van der Waals surface area contributed by atoms with Gasteiger partial charge in [-0.3, -0.25) is 4.99 Å². The van der Waals surface area contributed by atoms with E-state index in [2.05, 4.69) is 65.0 Å². The van der Waals surface area contributed by atoms with Crippen molar-refractivity contribution in [1.29, 1.82) is 0 Å². The molecule has 5 rings (SSSR count). The number of benzene rings is 2. The number of aliphatic imine (C=N–C) groups is 1. The van der Waals surface area contributed by atoms with Crippen LogP contribution in [0, 0.1) is 18.8 Å². The van der Waals surface area contributed by atoms with Gasteiger partial charge in [-0.15, -0.1) is 0 Å². The number of nitrogens with zero attached hydrogens (tertiary/aromatic N) is 1. The molecule has 1 saturated heterocycles. The summed E-state index contributed by atoms with van der Waals surface area (Å²) in [6, 6.07) is 15.3. The van der Waals surface area contributed by atoms with E-state index in [0.29, 0.717) is 13.2 Å². The van der Waals surface area contributed by atoms with E-state index >= 15 is 0 Å². The summed E-state index contributed by atoms with van der Waals surface area (Å²) in [5, 5.41) is 7.01. The number of guanidine groups is 1. The topological polar surface area (TPSA) is 54.9 Å². The molecule has 2 aromatic carbocycles. The second-order valence-electron chi connectivity index (χ2n) is 8.78. The van der Waals surface area contributed by atoms with Gasteiger partial charge in [0.2, 0.25) is 0 Å². The zero-order valence-electron chi connectivity index (χ0n) is 17.9. The normalized spacial score (nSPS) is 26.8. The summed E-state index contributed by atoms with van der Waals surface area (Å²) >= 11 is 0. The number of hydrogen-bond donors (Lipinski definition) is 2. The maximum Gasteiger partial charge on any atom is 0.191 e. The number of nitrogens with one attached hydrogen (secondary N) is 2. The van der Waals surface area contributed by atoms with Crippen molar-refractivity contribution in [3.8, 4) is 5.75 Å². The molecule has 5 nitrogen and oxygen atoms in total. The molecule has 0 radical (unpaired) electrons. The Labute approximate surface area is 178 Å². The van der Waals surface area contributed by atoms with Crippen molar-refractivity contribution in [2.45, 2.75) is 38.3 Å². The first-order chi connectivity index (χ1) is 14.7. The SMILES string of the molecule is CN=C(NCc1ccc(C)cc1OC1CCOC1)NCC1C2Cc3ccccc3C12. The lowest BCUT2D eigenvalue weighted by atomic mass is 10.0. The molecule has 4 unspecified atom stereocenters. The van der Waals surface area contributed by atoms with Crippen molar-refractivity contribution in [3.63, 3.8) is 0 Å². The second-order valence-corrected chi connectivity index (χ2v) is 8.78. The van der Waals surface area contributed by atoms with Gasteiger partial charge in [0.15, 0.2) is 5.96 Å². The highest BCUT2D eigenvalue weighted by molar-refractivity contribution is 5.79. The summed E-state index contributed by atoms with van der Waals surface area (Å²) in [4.78, 5) is 4.43. The molecule has 2 fully saturated rings. The standard InChI is InChI=1S/C25H31N3O2/c1-16-7-8-18(23(11-16)30-19-9-10-29-15-19)13-27-25(26-2)28-14-22-21-12-17-5-3-4-6-20(17)24(21)22/h3-8,11,19,21-22,24H,9-10,12-15H2,1-2H3,(H2,26,27,28). The van der Waals surface area contributed by atoms with Crippen molar-refractivity contribution < 1.29 is 9.47 Å². The van der Waals surface area contributed by atoms with Crippen LogP contribution in [0.3, 0.4) is 0 Å². The summed E-state index contributed by atoms with van der Waals surface area (Å²) in [6.07, 6.45) is 2.34. The highest BCUT2D eigenvalue weighted by atomic mass is 16.5. The minimum Gasteiger partial charge on any atom is -0.488 e. The van der Waals surface area contributed by atoms with Crippen LogP contribution in [0.4, 0.5) is 0 Å². The molecule has 5 heteroatoms. The fraction of sp³-hybridized carbons (Fsp3) is 0.480. The van der Waals surface area contributed by atoms with E-state index in [9.17, 15) is 0 Å². The van der Waals surface area contributed by atoms with Crippen LogP contribution in [0.1, 0.15) is 34.6 Å². The third kappa shape index (κ3) is 3.91. The zero-order chi connectivity index (χ0) is 20.5. The lowest BCUT2D eigenvalue weighted by Gasteiger charge is -2.18. The molecule has 2 aliphatic carbocycles. The van der Waals surface area contributed by atoms with Gasteiger partial charge in [-0.1, -0.05) is 36.4 Å². The van der Waals surface area contributed by atoms with Gasteiger partial charge < -0.3 is 20.1 Å². The van der Waals surface area contributed by atoms with Gasteiger partial charge >= 0.3 is 0 Å². The molecule has 4 atom stereocenters. The maximum absolute atomic E-state index is 6.22. The Morgan fingerprint density at radius 2 is 2.10 bits per heavy atom. The molecule has 2 aromatic rings. The van der Waals surface area contributed by atoms with Crippen LogP contribution in [0.2, 0.25) is 0 Å². The van der Waals surface area contributed by atoms with E-state index in [1.807, 2.05) is 7.05 Å². The van der Waals surface area contributed by atoms with E-state index in [4.69, 9.17) is 9.47 Å². The highest BCUT2D eigenvalue weighted by Gasteiger charge is 2.54. The molecule has 0 bridgehead atoms. The summed E-state index contributed by atoms with van der Waals surface area (Å²) in [7, 11) is 1.83. The molecule has 0 spiro atoms. The van der Waals surface area contributed by atoms with E-state index in [1.165, 1.54) is 12.0 Å². The number of aryl methyl sites for hydroxylation is 1. The lowest BCUT2D eigenvalue weighted by molar-refractivity contribution is 0.140. The van der Waals surface area contributed by atoms with Crippen molar-refractivity contribution in [3.05, 3.63) is 64.7 Å². The lowest BCUT2D eigenvalue weighted by Crippen LogP contribution is -2.38. The van der Waals surface area contributed by atoms with Crippen LogP contribution in [-0.2, 0) is 17.7 Å². The van der Waals surface area contributed by atoms with Gasteiger partial charge in [-0.25, -0.2) is 0 Å². The molecule has 1 heterocycles. The first-order valence-electron chi connectivity index (χ1n) is 11.1. The second kappa shape index (κ2) is 8.31. The van der Waals surface area contributed by atoms with Gasteiger partial charge in [-0.05, 0) is 53.9 Å². The summed E-state index contributed by atoms with van der Waals surface area (Å²) < 4.78 is 11.7. The van der Waals surface area contributed by atoms with Crippen molar-refractivity contribution in [2.24, 2.45) is 16.8 Å². The average molecular weight is 406 g/mol. The first-order valence-corrected chi connectivity index (χ1v) is 11.1. The van der Waals surface area contributed by atoms with Gasteiger partial charge in [0, 0.05) is 32.1 Å². The Kier molecular flexibility index (Phi) is 5.38. The largest absolute Gasteiger partial charge is 0.488 e. The smallest absolute Gasteiger partial charge is 0.191 e.